The summed E-state index contributed by atoms with van der Waals surface area (Å²) in [5.74, 6) is -1.44. The number of carboxylic acids is 1. The molecule has 1 aromatic carbocycles. The van der Waals surface area contributed by atoms with Crippen molar-refractivity contribution >= 4 is 17.6 Å². The predicted molar refractivity (Wildman–Crippen MR) is 77.7 cm³/mol. The van der Waals surface area contributed by atoms with Gasteiger partial charge in [0.25, 0.3) is 5.91 Å². The number of hydrogen-bond donors (Lipinski definition) is 2. The summed E-state index contributed by atoms with van der Waals surface area (Å²) in [4.78, 5) is 23.4. The van der Waals surface area contributed by atoms with Crippen LogP contribution in [0.1, 0.15) is 20.8 Å². The van der Waals surface area contributed by atoms with Crippen molar-refractivity contribution in [1.82, 2.24) is 4.57 Å². The quantitative estimate of drug-likeness (QED) is 0.853. The number of nitrogens with one attached hydrogen (secondary N) is 1. The Labute approximate surface area is 122 Å². The lowest BCUT2D eigenvalue weighted by Crippen LogP contribution is -2.19. The third-order valence-corrected chi connectivity index (χ3v) is 3.00. The lowest BCUT2D eigenvalue weighted by atomic mass is 10.2. The minimum absolute atomic E-state index is 0.0563. The number of para-hydroxylation sites is 1. The monoisotopic (exact) mass is 288 g/mol. The maximum atomic E-state index is 12.3. The van der Waals surface area contributed by atoms with Crippen LogP contribution in [0.5, 0.6) is 0 Å². The van der Waals surface area contributed by atoms with Gasteiger partial charge in [0.1, 0.15) is 5.69 Å². The van der Waals surface area contributed by atoms with Gasteiger partial charge >= 0.3 is 5.97 Å². The van der Waals surface area contributed by atoms with Gasteiger partial charge in [-0.1, -0.05) is 12.1 Å². The minimum atomic E-state index is -1.08. The second kappa shape index (κ2) is 6.71. The molecule has 0 radical (unpaired) electrons. The van der Waals surface area contributed by atoms with Gasteiger partial charge in [0.15, 0.2) is 0 Å². The predicted octanol–water partition coefficient (Wildman–Crippen LogP) is 2.08. The third kappa shape index (κ3) is 3.49. The maximum Gasteiger partial charge on any atom is 0.337 e. The number of benzene rings is 1. The van der Waals surface area contributed by atoms with E-state index in [0.717, 1.165) is 0 Å². The molecule has 0 aliphatic carbocycles. The van der Waals surface area contributed by atoms with Crippen LogP contribution in [0, 0.1) is 0 Å². The SMILES string of the molecule is COCCn1cccc1C(=O)Nc1ccccc1C(=O)O. The van der Waals surface area contributed by atoms with E-state index in [1.807, 2.05) is 0 Å². The van der Waals surface area contributed by atoms with Crippen molar-refractivity contribution in [2.45, 2.75) is 6.54 Å². The van der Waals surface area contributed by atoms with E-state index in [0.29, 0.717) is 18.8 Å². The van der Waals surface area contributed by atoms with Crippen LogP contribution < -0.4 is 5.32 Å². The van der Waals surface area contributed by atoms with E-state index in [9.17, 15) is 9.59 Å². The summed E-state index contributed by atoms with van der Waals surface area (Å²) in [5, 5.41) is 11.7. The average Bonchev–Trinajstić information content (AvgIpc) is 2.94. The van der Waals surface area contributed by atoms with E-state index in [2.05, 4.69) is 5.32 Å². The molecule has 21 heavy (non-hydrogen) atoms. The number of carboxylic acid groups (broad SMARTS) is 1. The van der Waals surface area contributed by atoms with Crippen LogP contribution >= 0.6 is 0 Å². The van der Waals surface area contributed by atoms with Crippen LogP contribution in [0.2, 0.25) is 0 Å². The zero-order valence-electron chi connectivity index (χ0n) is 11.6. The number of amides is 1. The van der Waals surface area contributed by atoms with E-state index in [1.165, 1.54) is 6.07 Å². The smallest absolute Gasteiger partial charge is 0.337 e. The molecule has 0 bridgehead atoms. The molecule has 0 atom stereocenters. The molecule has 1 amide bonds. The van der Waals surface area contributed by atoms with Gasteiger partial charge in [0.2, 0.25) is 0 Å². The Balaban J connectivity index is 2.19. The zero-order chi connectivity index (χ0) is 15.2. The second-order valence-electron chi connectivity index (χ2n) is 4.38. The summed E-state index contributed by atoms with van der Waals surface area (Å²) < 4.78 is 6.74. The summed E-state index contributed by atoms with van der Waals surface area (Å²) >= 11 is 0. The minimum Gasteiger partial charge on any atom is -0.478 e. The van der Waals surface area contributed by atoms with E-state index in [4.69, 9.17) is 9.84 Å². The molecule has 110 valence electrons. The van der Waals surface area contributed by atoms with Gasteiger partial charge in [-0.3, -0.25) is 4.79 Å². The third-order valence-electron chi connectivity index (χ3n) is 3.00. The fourth-order valence-electron chi connectivity index (χ4n) is 1.97. The molecule has 0 aliphatic heterocycles. The molecule has 0 saturated carbocycles. The Morgan fingerprint density at radius 3 is 2.71 bits per heavy atom. The number of hydrogen-bond acceptors (Lipinski definition) is 3. The van der Waals surface area contributed by atoms with E-state index >= 15 is 0 Å². The molecule has 2 aromatic rings. The molecular formula is C15H16N2O4. The molecule has 6 heteroatoms. The molecule has 1 aromatic heterocycles. The first-order chi connectivity index (χ1) is 10.1. The lowest BCUT2D eigenvalue weighted by molar-refractivity contribution is 0.0698. The normalized spacial score (nSPS) is 10.3. The van der Waals surface area contributed by atoms with Gasteiger partial charge in [0.05, 0.1) is 17.9 Å². The van der Waals surface area contributed by atoms with Crippen LogP contribution in [0.4, 0.5) is 5.69 Å². The first-order valence-electron chi connectivity index (χ1n) is 6.41. The molecule has 0 unspecified atom stereocenters. The van der Waals surface area contributed by atoms with Crippen LogP contribution in [-0.2, 0) is 11.3 Å². The summed E-state index contributed by atoms with van der Waals surface area (Å²) in [6, 6.07) is 9.72. The maximum absolute atomic E-state index is 12.3. The number of anilines is 1. The van der Waals surface area contributed by atoms with Crippen LogP contribution in [0.25, 0.3) is 0 Å². The standard InChI is InChI=1S/C15H16N2O4/c1-21-10-9-17-8-4-7-13(17)14(18)16-12-6-3-2-5-11(12)15(19)20/h2-8H,9-10H2,1H3,(H,16,18)(H,19,20). The highest BCUT2D eigenvalue weighted by Crippen LogP contribution is 2.16. The van der Waals surface area contributed by atoms with Crippen molar-refractivity contribution in [3.8, 4) is 0 Å². The number of aromatic carboxylic acids is 1. The number of methoxy groups -OCH3 is 1. The molecule has 0 aliphatic rings. The van der Waals surface area contributed by atoms with Gasteiger partial charge in [-0.25, -0.2) is 4.79 Å². The summed E-state index contributed by atoms with van der Waals surface area (Å²) in [6.07, 6.45) is 1.77. The molecule has 0 fully saturated rings. The lowest BCUT2D eigenvalue weighted by Gasteiger charge is -2.11. The van der Waals surface area contributed by atoms with Crippen molar-refractivity contribution in [2.75, 3.05) is 19.0 Å². The van der Waals surface area contributed by atoms with Gasteiger partial charge in [-0.15, -0.1) is 0 Å². The number of ether oxygens (including phenoxy) is 1. The van der Waals surface area contributed by atoms with Crippen LogP contribution in [-0.4, -0.2) is 35.3 Å². The van der Waals surface area contributed by atoms with Crippen molar-refractivity contribution < 1.29 is 19.4 Å². The van der Waals surface area contributed by atoms with Gasteiger partial charge in [0, 0.05) is 19.9 Å². The van der Waals surface area contributed by atoms with E-state index in [1.54, 1.807) is 48.2 Å². The van der Waals surface area contributed by atoms with E-state index in [-0.39, 0.29) is 17.2 Å². The average molecular weight is 288 g/mol. The van der Waals surface area contributed by atoms with E-state index < -0.39 is 5.97 Å². The first kappa shape index (κ1) is 14.8. The number of nitrogens with zero attached hydrogens (tertiary/aromatic N) is 1. The van der Waals surface area contributed by atoms with Crippen molar-refractivity contribution in [3.05, 3.63) is 53.9 Å². The first-order valence-corrected chi connectivity index (χ1v) is 6.41. The number of carbonyl (C=O) groups excluding carboxylic acids is 1. The highest BCUT2D eigenvalue weighted by molar-refractivity contribution is 6.06. The molecule has 2 N–H and O–H groups in total. The van der Waals surface area contributed by atoms with Crippen LogP contribution in [0.15, 0.2) is 42.6 Å². The highest BCUT2D eigenvalue weighted by Gasteiger charge is 2.15. The Kier molecular flexibility index (Phi) is 4.73. The molecule has 0 spiro atoms. The van der Waals surface area contributed by atoms with Crippen molar-refractivity contribution in [2.24, 2.45) is 0 Å². The molecule has 0 saturated heterocycles. The number of aromatic nitrogens is 1. The Morgan fingerprint density at radius 1 is 1.24 bits per heavy atom. The van der Waals surface area contributed by atoms with Gasteiger partial charge in [-0.2, -0.15) is 0 Å². The largest absolute Gasteiger partial charge is 0.478 e. The van der Waals surface area contributed by atoms with Crippen molar-refractivity contribution in [1.29, 1.82) is 0 Å². The Hall–Kier alpha value is -2.60. The number of rotatable bonds is 6. The number of carbonyl (C=O) groups is 2. The summed E-state index contributed by atoms with van der Waals surface area (Å²) in [6.45, 7) is 1.04. The fraction of sp³-hybridized carbons (Fsp3) is 0.200. The molecular weight excluding hydrogens is 272 g/mol. The van der Waals surface area contributed by atoms with Crippen LogP contribution in [0.3, 0.4) is 0 Å². The zero-order valence-corrected chi connectivity index (χ0v) is 11.6. The molecule has 6 nitrogen and oxygen atoms in total. The Bertz CT molecular complexity index is 649. The summed E-state index contributed by atoms with van der Waals surface area (Å²) in [5.41, 5.74) is 0.780. The van der Waals surface area contributed by atoms with Gasteiger partial charge < -0.3 is 19.7 Å². The highest BCUT2D eigenvalue weighted by atomic mass is 16.5. The molecule has 2 rings (SSSR count). The topological polar surface area (TPSA) is 80.6 Å². The summed E-state index contributed by atoms with van der Waals surface area (Å²) in [7, 11) is 1.59. The second-order valence-corrected chi connectivity index (χ2v) is 4.38. The fourth-order valence-corrected chi connectivity index (χ4v) is 1.97. The molecule has 1 heterocycles. The van der Waals surface area contributed by atoms with Crippen molar-refractivity contribution in [3.63, 3.8) is 0 Å². The van der Waals surface area contributed by atoms with Gasteiger partial charge in [-0.05, 0) is 24.3 Å². The Morgan fingerprint density at radius 2 is 2.00 bits per heavy atom.